The van der Waals surface area contributed by atoms with Crippen molar-refractivity contribution in [2.24, 2.45) is 0 Å². The Kier molecular flexibility index (Phi) is 4.78. The van der Waals surface area contributed by atoms with Gasteiger partial charge in [0.15, 0.2) is 17.5 Å². The minimum absolute atomic E-state index is 0.146. The molecule has 0 N–H and O–H groups in total. The highest BCUT2D eigenvalue weighted by Gasteiger charge is 2.14. The molecule has 49 heavy (non-hydrogen) atoms. The number of hydrogen-bond acceptors (Lipinski definition) is 4. The third kappa shape index (κ3) is 5.56. The predicted octanol–water partition coefficient (Wildman–Crippen LogP) is 11.8. The van der Waals surface area contributed by atoms with Crippen LogP contribution in [-0.2, 0) is 0 Å². The van der Waals surface area contributed by atoms with Gasteiger partial charge in [-0.1, -0.05) is 158 Å². The lowest BCUT2D eigenvalue weighted by Crippen LogP contribution is -2.00. The average molecular weight is 639 g/mol. The highest BCUT2D eigenvalue weighted by Crippen LogP contribution is 2.33. The Balaban J connectivity index is 1.23. The van der Waals surface area contributed by atoms with Crippen LogP contribution in [0, 0.1) is 0 Å². The maximum Gasteiger partial charge on any atom is 0.164 e. The first-order valence-electron chi connectivity index (χ1n) is 21.0. The molecule has 0 fully saturated rings. The zero-order valence-corrected chi connectivity index (χ0v) is 25.6. The van der Waals surface area contributed by atoms with E-state index in [-0.39, 0.29) is 45.0 Å². The summed E-state index contributed by atoms with van der Waals surface area (Å²) in [7, 11) is 0. The average Bonchev–Trinajstić information content (AvgIpc) is 3.70. The Bertz CT molecular complexity index is 3060. The molecule has 0 aliphatic rings. The lowest BCUT2D eigenvalue weighted by Gasteiger charge is -2.10. The zero-order valence-electron chi connectivity index (χ0n) is 36.6. The van der Waals surface area contributed by atoms with E-state index >= 15 is 0 Å². The summed E-state index contributed by atoms with van der Waals surface area (Å²) in [5.41, 5.74) is 3.37. The molecule has 0 unspecified atom stereocenters. The van der Waals surface area contributed by atoms with Gasteiger partial charge >= 0.3 is 0 Å². The largest absolute Gasteiger partial charge is 0.456 e. The molecule has 0 aliphatic heterocycles. The van der Waals surface area contributed by atoms with Gasteiger partial charge in [0.05, 0.1) is 15.1 Å². The number of furan rings is 1. The summed E-state index contributed by atoms with van der Waals surface area (Å²) in [6, 6.07) is 28.4. The Morgan fingerprint density at radius 2 is 0.776 bits per heavy atom. The number of nitrogens with zero attached hydrogens (tertiary/aromatic N) is 3. The second-order valence-corrected chi connectivity index (χ2v) is 11.2. The smallest absolute Gasteiger partial charge is 0.164 e. The van der Waals surface area contributed by atoms with Crippen LogP contribution < -0.4 is 0 Å². The van der Waals surface area contributed by atoms with E-state index in [4.69, 9.17) is 29.0 Å². The molecule has 0 bridgehead atoms. The van der Waals surface area contributed by atoms with Gasteiger partial charge in [0.2, 0.25) is 0 Å². The quantitative estimate of drug-likeness (QED) is 0.182. The van der Waals surface area contributed by atoms with Crippen LogP contribution in [0.5, 0.6) is 0 Å². The fourth-order valence-corrected chi connectivity index (χ4v) is 5.60. The highest BCUT2D eigenvalue weighted by molar-refractivity contribution is 6.05. The van der Waals surface area contributed by atoms with Gasteiger partial charge in [-0.25, -0.2) is 15.0 Å². The van der Waals surface area contributed by atoms with Gasteiger partial charge in [-0.2, -0.15) is 0 Å². The maximum atomic E-state index is 9.23. The Labute approximate surface area is 299 Å². The van der Waals surface area contributed by atoms with Gasteiger partial charge in [-0.3, -0.25) is 0 Å². The number of fused-ring (bicyclic) bond motifs is 3. The highest BCUT2D eigenvalue weighted by atomic mass is 16.3. The van der Waals surface area contributed by atoms with Crippen molar-refractivity contribution in [3.63, 3.8) is 0 Å². The van der Waals surface area contributed by atoms with E-state index in [1.807, 2.05) is 109 Å². The topological polar surface area (TPSA) is 51.8 Å². The first kappa shape index (κ1) is 19.2. The van der Waals surface area contributed by atoms with Crippen LogP contribution in [0.4, 0.5) is 0 Å². The van der Waals surface area contributed by atoms with Crippen molar-refractivity contribution < 1.29 is 19.5 Å². The van der Waals surface area contributed by atoms with Crippen LogP contribution in [0.25, 0.3) is 89.5 Å². The summed E-state index contributed by atoms with van der Waals surface area (Å²) in [6.45, 7) is 0. The maximum absolute atomic E-state index is 9.23. The molecule has 0 saturated heterocycles. The van der Waals surface area contributed by atoms with Crippen molar-refractivity contribution in [1.82, 2.24) is 15.0 Å². The van der Waals surface area contributed by atoms with Crippen LogP contribution >= 0.6 is 0 Å². The van der Waals surface area contributed by atoms with Crippen molar-refractivity contribution in [2.45, 2.75) is 0 Å². The molecule has 9 aromatic rings. The lowest BCUT2D eigenvalue weighted by molar-refractivity contribution is 0.669. The fourth-order valence-electron chi connectivity index (χ4n) is 5.60. The van der Waals surface area contributed by atoms with E-state index in [2.05, 4.69) is 0 Å². The third-order valence-electron chi connectivity index (χ3n) is 8.12. The molecule has 7 aromatic carbocycles. The number of aromatic nitrogens is 3. The molecule has 230 valence electrons. The normalized spacial score (nSPS) is 14.4. The van der Waals surface area contributed by atoms with E-state index in [1.54, 1.807) is 0 Å². The standard InChI is InChI=1S/C45H29N3O/c1-3-9-30(10-4-1)32-15-21-35(22-16-32)43-46-44(36-23-17-33(18-24-36)31-11-5-2-6-12-31)48-45(47-43)37-25-19-34(20-26-37)38-27-28-40-39-13-7-8-14-41(39)49-42(40)29-38/h1-29H/i7D,8D,13D,14D,19D,20D,25D,26D,27D,28D,29D. The van der Waals surface area contributed by atoms with E-state index in [0.717, 1.165) is 22.3 Å². The third-order valence-corrected chi connectivity index (χ3v) is 8.12. The molecular formula is C45H29N3O. The minimum Gasteiger partial charge on any atom is -0.456 e. The Morgan fingerprint density at radius 3 is 1.35 bits per heavy atom. The van der Waals surface area contributed by atoms with Gasteiger partial charge in [0.25, 0.3) is 0 Å². The van der Waals surface area contributed by atoms with E-state index in [1.165, 1.54) is 0 Å². The molecule has 4 nitrogen and oxygen atoms in total. The van der Waals surface area contributed by atoms with E-state index < -0.39 is 77.6 Å². The first-order valence-corrected chi connectivity index (χ1v) is 15.5. The molecule has 2 aromatic heterocycles. The van der Waals surface area contributed by atoms with Crippen LogP contribution in [0.15, 0.2) is 180 Å². The number of rotatable bonds is 6. The van der Waals surface area contributed by atoms with Crippen LogP contribution in [0.3, 0.4) is 0 Å². The van der Waals surface area contributed by atoms with Crippen molar-refractivity contribution in [1.29, 1.82) is 0 Å². The number of para-hydroxylation sites is 1. The van der Waals surface area contributed by atoms with Crippen molar-refractivity contribution in [2.75, 3.05) is 0 Å². The van der Waals surface area contributed by atoms with Gasteiger partial charge in [-0.15, -0.1) is 0 Å². The SMILES string of the molecule is [2H]c1c([2H])c(-c2c([2H])c([2H])c3c(oc4c([2H])c([2H])c([2H])c([2H])c43)c2[2H])c([2H])c([2H])c1-c1nc(-c2ccc(-c3ccccc3)cc2)nc(-c2ccc(-c3ccccc3)cc2)n1. The molecule has 0 radical (unpaired) electrons. The van der Waals surface area contributed by atoms with Gasteiger partial charge in [-0.05, 0) is 51.5 Å². The number of hydrogen-bond donors (Lipinski definition) is 0. The Hall–Kier alpha value is -6.65. The van der Waals surface area contributed by atoms with Crippen LogP contribution in [0.1, 0.15) is 15.1 Å². The fraction of sp³-hybridized carbons (Fsp3) is 0. The second kappa shape index (κ2) is 12.2. The molecule has 2 heterocycles. The second-order valence-electron chi connectivity index (χ2n) is 11.2. The summed E-state index contributed by atoms with van der Waals surface area (Å²) in [6.07, 6.45) is 0. The molecule has 0 saturated carbocycles. The van der Waals surface area contributed by atoms with Gasteiger partial charge in [0, 0.05) is 27.5 Å². The molecule has 0 amide bonds. The van der Waals surface area contributed by atoms with Crippen molar-refractivity contribution in [3.8, 4) is 67.5 Å². The Morgan fingerprint density at radius 1 is 0.347 bits per heavy atom. The van der Waals surface area contributed by atoms with Crippen molar-refractivity contribution in [3.05, 3.63) is 176 Å². The molecule has 0 aliphatic carbocycles. The van der Waals surface area contributed by atoms with Crippen molar-refractivity contribution >= 4 is 21.9 Å². The molecule has 4 heteroatoms. The molecular weight excluding hydrogens is 599 g/mol. The first-order chi connectivity index (χ1) is 28.8. The molecule has 9 rings (SSSR count). The van der Waals surface area contributed by atoms with E-state index in [0.29, 0.717) is 11.1 Å². The summed E-state index contributed by atoms with van der Waals surface area (Å²) in [4.78, 5) is 14.2. The summed E-state index contributed by atoms with van der Waals surface area (Å²) in [5, 5.41) is -0.364. The summed E-state index contributed by atoms with van der Waals surface area (Å²) >= 11 is 0. The van der Waals surface area contributed by atoms with Crippen LogP contribution in [-0.4, -0.2) is 15.0 Å². The minimum atomic E-state index is -0.640. The molecule has 0 spiro atoms. The predicted molar refractivity (Wildman–Crippen MR) is 200 cm³/mol. The zero-order chi connectivity index (χ0) is 42.1. The monoisotopic (exact) mass is 638 g/mol. The summed E-state index contributed by atoms with van der Waals surface area (Å²) in [5.74, 6) is 0.285. The van der Waals surface area contributed by atoms with Gasteiger partial charge in [0.1, 0.15) is 11.2 Å². The molecule has 0 atom stereocenters. The van der Waals surface area contributed by atoms with E-state index in [9.17, 15) is 5.48 Å². The number of benzene rings is 7. The van der Waals surface area contributed by atoms with Crippen LogP contribution in [0.2, 0.25) is 0 Å². The van der Waals surface area contributed by atoms with Gasteiger partial charge < -0.3 is 4.42 Å². The lowest BCUT2D eigenvalue weighted by atomic mass is 10.0. The summed E-state index contributed by atoms with van der Waals surface area (Å²) < 4.78 is 103.